The van der Waals surface area contributed by atoms with Gasteiger partial charge < -0.3 is 5.11 Å². The second-order valence-corrected chi connectivity index (χ2v) is 4.19. The van der Waals surface area contributed by atoms with Gasteiger partial charge in [-0.05, 0) is 44.0 Å². The standard InChI is InChI=1S/C13H16N2O/c1-9-4-10(2)6-13(5-9)15-7-12(8-16)11(3)14-15/h4-7,16H,8H2,1-3H3. The highest BCUT2D eigenvalue weighted by atomic mass is 16.3. The molecule has 2 aromatic rings. The molecule has 0 aliphatic carbocycles. The molecular formula is C13H16N2O. The van der Waals surface area contributed by atoms with Crippen molar-refractivity contribution in [3.8, 4) is 5.69 Å². The van der Waals surface area contributed by atoms with E-state index in [4.69, 9.17) is 5.11 Å². The first-order valence-electron chi connectivity index (χ1n) is 5.35. The SMILES string of the molecule is Cc1cc(C)cc(-n2cc(CO)c(C)n2)c1. The van der Waals surface area contributed by atoms with Crippen LogP contribution in [-0.2, 0) is 6.61 Å². The summed E-state index contributed by atoms with van der Waals surface area (Å²) in [6.07, 6.45) is 1.88. The average molecular weight is 216 g/mol. The summed E-state index contributed by atoms with van der Waals surface area (Å²) in [5, 5.41) is 13.5. The van der Waals surface area contributed by atoms with E-state index in [2.05, 4.69) is 37.1 Å². The molecular weight excluding hydrogens is 200 g/mol. The first-order valence-corrected chi connectivity index (χ1v) is 5.35. The van der Waals surface area contributed by atoms with Gasteiger partial charge in [0.1, 0.15) is 0 Å². The van der Waals surface area contributed by atoms with E-state index >= 15 is 0 Å². The number of hydrogen-bond acceptors (Lipinski definition) is 2. The summed E-state index contributed by atoms with van der Waals surface area (Å²) in [5.74, 6) is 0. The van der Waals surface area contributed by atoms with Crippen LogP contribution >= 0.6 is 0 Å². The predicted octanol–water partition coefficient (Wildman–Crippen LogP) is 2.29. The van der Waals surface area contributed by atoms with E-state index in [1.807, 2.05) is 17.8 Å². The number of aliphatic hydroxyl groups is 1. The lowest BCUT2D eigenvalue weighted by molar-refractivity contribution is 0.281. The first-order chi connectivity index (χ1) is 7.60. The van der Waals surface area contributed by atoms with Crippen LogP contribution in [0, 0.1) is 20.8 Å². The van der Waals surface area contributed by atoms with Crippen LogP contribution in [0.3, 0.4) is 0 Å². The van der Waals surface area contributed by atoms with Crippen LogP contribution in [0.25, 0.3) is 5.69 Å². The van der Waals surface area contributed by atoms with Crippen LogP contribution < -0.4 is 0 Å². The number of nitrogens with zero attached hydrogens (tertiary/aromatic N) is 2. The molecule has 0 atom stereocenters. The van der Waals surface area contributed by atoms with Gasteiger partial charge in [0.25, 0.3) is 0 Å². The Hall–Kier alpha value is -1.61. The fraction of sp³-hybridized carbons (Fsp3) is 0.308. The molecule has 1 aromatic carbocycles. The van der Waals surface area contributed by atoms with Gasteiger partial charge in [-0.3, -0.25) is 0 Å². The summed E-state index contributed by atoms with van der Waals surface area (Å²) >= 11 is 0. The predicted molar refractivity (Wildman–Crippen MR) is 63.7 cm³/mol. The Morgan fingerprint density at radius 1 is 1.12 bits per heavy atom. The van der Waals surface area contributed by atoms with Gasteiger partial charge in [-0.25, -0.2) is 4.68 Å². The van der Waals surface area contributed by atoms with Gasteiger partial charge in [-0.2, -0.15) is 5.10 Å². The van der Waals surface area contributed by atoms with Crippen molar-refractivity contribution in [2.75, 3.05) is 0 Å². The molecule has 0 radical (unpaired) electrons. The van der Waals surface area contributed by atoms with Crippen LogP contribution in [0.5, 0.6) is 0 Å². The zero-order valence-electron chi connectivity index (χ0n) is 9.86. The number of rotatable bonds is 2. The van der Waals surface area contributed by atoms with Crippen molar-refractivity contribution in [2.45, 2.75) is 27.4 Å². The molecule has 0 bridgehead atoms. The highest BCUT2D eigenvalue weighted by Gasteiger charge is 2.05. The van der Waals surface area contributed by atoms with E-state index < -0.39 is 0 Å². The molecule has 0 unspecified atom stereocenters. The Kier molecular flexibility index (Phi) is 2.79. The topological polar surface area (TPSA) is 38.0 Å². The molecule has 0 aliphatic rings. The summed E-state index contributed by atoms with van der Waals surface area (Å²) in [4.78, 5) is 0. The van der Waals surface area contributed by atoms with Gasteiger partial charge >= 0.3 is 0 Å². The van der Waals surface area contributed by atoms with Crippen molar-refractivity contribution >= 4 is 0 Å². The number of hydrogen-bond donors (Lipinski definition) is 1. The zero-order chi connectivity index (χ0) is 11.7. The Balaban J connectivity index is 2.49. The van der Waals surface area contributed by atoms with Gasteiger partial charge in [0.05, 0.1) is 18.0 Å². The highest BCUT2D eigenvalue weighted by Crippen LogP contribution is 2.15. The van der Waals surface area contributed by atoms with Crippen LogP contribution in [0.2, 0.25) is 0 Å². The molecule has 1 N–H and O–H groups in total. The lowest BCUT2D eigenvalue weighted by atomic mass is 10.1. The van der Waals surface area contributed by atoms with Crippen molar-refractivity contribution in [3.05, 3.63) is 46.8 Å². The molecule has 0 spiro atoms. The normalized spacial score (nSPS) is 10.8. The summed E-state index contributed by atoms with van der Waals surface area (Å²) in [5.41, 5.74) is 5.23. The van der Waals surface area contributed by atoms with Crippen molar-refractivity contribution in [1.82, 2.24) is 9.78 Å². The third-order valence-corrected chi connectivity index (χ3v) is 2.64. The summed E-state index contributed by atoms with van der Waals surface area (Å²) in [7, 11) is 0. The maximum atomic E-state index is 9.13. The molecule has 0 aliphatic heterocycles. The third-order valence-electron chi connectivity index (χ3n) is 2.64. The molecule has 3 heteroatoms. The first kappa shape index (κ1) is 10.9. The van der Waals surface area contributed by atoms with Crippen molar-refractivity contribution < 1.29 is 5.11 Å². The van der Waals surface area contributed by atoms with Crippen LogP contribution in [0.1, 0.15) is 22.4 Å². The molecule has 84 valence electrons. The van der Waals surface area contributed by atoms with Gasteiger partial charge in [-0.1, -0.05) is 6.07 Å². The second kappa shape index (κ2) is 4.10. The summed E-state index contributed by atoms with van der Waals surface area (Å²) in [6, 6.07) is 6.30. The molecule has 2 rings (SSSR count). The van der Waals surface area contributed by atoms with Crippen LogP contribution in [-0.4, -0.2) is 14.9 Å². The van der Waals surface area contributed by atoms with Crippen LogP contribution in [0.15, 0.2) is 24.4 Å². The minimum atomic E-state index is 0.0383. The molecule has 0 fully saturated rings. The Morgan fingerprint density at radius 3 is 2.25 bits per heavy atom. The number of aryl methyl sites for hydroxylation is 3. The fourth-order valence-corrected chi connectivity index (χ4v) is 1.87. The lowest BCUT2D eigenvalue weighted by Crippen LogP contribution is -1.96. The minimum absolute atomic E-state index is 0.0383. The molecule has 0 amide bonds. The fourth-order valence-electron chi connectivity index (χ4n) is 1.87. The number of aromatic nitrogens is 2. The van der Waals surface area contributed by atoms with Crippen molar-refractivity contribution in [2.24, 2.45) is 0 Å². The van der Waals surface area contributed by atoms with E-state index in [1.165, 1.54) is 11.1 Å². The minimum Gasteiger partial charge on any atom is -0.392 e. The second-order valence-electron chi connectivity index (χ2n) is 4.19. The smallest absolute Gasteiger partial charge is 0.0715 e. The molecule has 3 nitrogen and oxygen atoms in total. The van der Waals surface area contributed by atoms with Crippen LogP contribution in [0.4, 0.5) is 0 Å². The van der Waals surface area contributed by atoms with Gasteiger partial charge in [-0.15, -0.1) is 0 Å². The zero-order valence-corrected chi connectivity index (χ0v) is 9.86. The van der Waals surface area contributed by atoms with Crippen molar-refractivity contribution in [3.63, 3.8) is 0 Å². The summed E-state index contributed by atoms with van der Waals surface area (Å²) in [6.45, 7) is 6.08. The Morgan fingerprint density at radius 2 is 1.75 bits per heavy atom. The maximum Gasteiger partial charge on any atom is 0.0715 e. The van der Waals surface area contributed by atoms with E-state index in [0.717, 1.165) is 16.9 Å². The summed E-state index contributed by atoms with van der Waals surface area (Å²) < 4.78 is 1.82. The molecule has 1 heterocycles. The van der Waals surface area contributed by atoms with Gasteiger partial charge in [0.15, 0.2) is 0 Å². The third kappa shape index (κ3) is 1.99. The average Bonchev–Trinajstić information content (AvgIpc) is 2.58. The van der Waals surface area contributed by atoms with Gasteiger partial charge in [0.2, 0.25) is 0 Å². The molecule has 0 saturated carbocycles. The van der Waals surface area contributed by atoms with E-state index in [0.29, 0.717) is 0 Å². The van der Waals surface area contributed by atoms with E-state index in [-0.39, 0.29) is 6.61 Å². The molecule has 0 saturated heterocycles. The van der Waals surface area contributed by atoms with Crippen molar-refractivity contribution in [1.29, 1.82) is 0 Å². The monoisotopic (exact) mass is 216 g/mol. The number of aliphatic hydroxyl groups excluding tert-OH is 1. The number of benzene rings is 1. The van der Waals surface area contributed by atoms with E-state index in [1.54, 1.807) is 0 Å². The quantitative estimate of drug-likeness (QED) is 0.836. The Labute approximate surface area is 95.3 Å². The van der Waals surface area contributed by atoms with Gasteiger partial charge in [0, 0.05) is 11.8 Å². The maximum absolute atomic E-state index is 9.13. The Bertz CT molecular complexity index is 494. The largest absolute Gasteiger partial charge is 0.392 e. The molecule has 1 aromatic heterocycles. The van der Waals surface area contributed by atoms with E-state index in [9.17, 15) is 0 Å². The lowest BCUT2D eigenvalue weighted by Gasteiger charge is -2.04. The molecule has 16 heavy (non-hydrogen) atoms. The highest BCUT2D eigenvalue weighted by molar-refractivity contribution is 5.39.